The topological polar surface area (TPSA) is 110 Å². The highest BCUT2D eigenvalue weighted by Gasteiger charge is 2.26. The molecule has 10 nitrogen and oxygen atoms in total. The Bertz CT molecular complexity index is 1590. The van der Waals surface area contributed by atoms with Gasteiger partial charge < -0.3 is 24.6 Å². The highest BCUT2D eigenvalue weighted by atomic mass is 35.5. The Morgan fingerprint density at radius 1 is 1.12 bits per heavy atom. The highest BCUT2D eigenvalue weighted by molar-refractivity contribution is 7.19. The molecule has 2 amide bonds. The molecule has 13 heteroatoms. The Morgan fingerprint density at radius 3 is 2.68 bits per heavy atom. The van der Waals surface area contributed by atoms with Crippen molar-refractivity contribution in [2.45, 2.75) is 6.61 Å². The van der Waals surface area contributed by atoms with Crippen molar-refractivity contribution in [3.63, 3.8) is 0 Å². The van der Waals surface area contributed by atoms with Crippen LogP contribution >= 0.6 is 22.9 Å². The molecule has 0 radical (unpaired) electrons. The van der Waals surface area contributed by atoms with E-state index in [1.54, 1.807) is 53.3 Å². The summed E-state index contributed by atoms with van der Waals surface area (Å²) in [6, 6.07) is 11.3. The molecule has 3 heterocycles. The van der Waals surface area contributed by atoms with Crippen molar-refractivity contribution in [2.75, 3.05) is 45.2 Å². The van der Waals surface area contributed by atoms with Crippen LogP contribution in [0.15, 0.2) is 60.9 Å². The van der Waals surface area contributed by atoms with Crippen LogP contribution < -0.4 is 10.1 Å². The van der Waals surface area contributed by atoms with Crippen molar-refractivity contribution in [1.29, 1.82) is 0 Å². The highest BCUT2D eigenvalue weighted by Crippen LogP contribution is 2.32. The summed E-state index contributed by atoms with van der Waals surface area (Å²) in [5.41, 5.74) is 1.78. The van der Waals surface area contributed by atoms with E-state index >= 15 is 0 Å². The van der Waals surface area contributed by atoms with Crippen LogP contribution in [0, 0.1) is 5.82 Å². The molecule has 1 saturated heterocycles. The molecule has 1 aliphatic rings. The first-order valence-electron chi connectivity index (χ1n) is 12.7. The van der Waals surface area contributed by atoms with E-state index < -0.39 is 0 Å². The van der Waals surface area contributed by atoms with Gasteiger partial charge in [0.15, 0.2) is 10.8 Å². The summed E-state index contributed by atoms with van der Waals surface area (Å²) in [4.78, 5) is 42.6. The number of anilines is 2. The number of piperazine rings is 1. The lowest BCUT2D eigenvalue weighted by Gasteiger charge is -2.33. The molecule has 0 aliphatic carbocycles. The average Bonchev–Trinajstić information content (AvgIpc) is 3.42. The normalized spacial score (nSPS) is 13.6. The van der Waals surface area contributed by atoms with Crippen LogP contribution in [0.4, 0.5) is 15.9 Å². The van der Waals surface area contributed by atoms with Gasteiger partial charge in [-0.1, -0.05) is 41.1 Å². The maximum Gasteiger partial charge on any atom is 0.283 e. The first kappa shape index (κ1) is 28.4. The van der Waals surface area contributed by atoms with E-state index in [9.17, 15) is 14.0 Å². The average molecular weight is 597 g/mol. The summed E-state index contributed by atoms with van der Waals surface area (Å²) in [7, 11) is 1.56. The molecule has 5 rings (SSSR count). The fraction of sp³-hybridized carbons (Fsp3) is 0.250. The molecule has 0 unspecified atom stereocenters. The summed E-state index contributed by atoms with van der Waals surface area (Å²) < 4.78 is 24.1. The Labute approximate surface area is 244 Å². The first-order chi connectivity index (χ1) is 19.9. The zero-order chi connectivity index (χ0) is 28.8. The van der Waals surface area contributed by atoms with Crippen molar-refractivity contribution < 1.29 is 23.5 Å². The molecule has 2 aromatic heterocycles. The van der Waals surface area contributed by atoms with E-state index in [1.165, 1.54) is 35.9 Å². The number of hydrogen-bond acceptors (Lipinski definition) is 9. The molecule has 212 valence electrons. The van der Waals surface area contributed by atoms with Crippen molar-refractivity contribution in [3.05, 3.63) is 82.4 Å². The lowest BCUT2D eigenvalue weighted by Crippen LogP contribution is -2.50. The zero-order valence-electron chi connectivity index (χ0n) is 22.0. The number of carbonyl (C=O) groups excluding carboxylic acids is 2. The molecule has 0 saturated carbocycles. The molecule has 0 spiro atoms. The Balaban J connectivity index is 1.23. The van der Waals surface area contributed by atoms with Crippen LogP contribution in [0.3, 0.4) is 0 Å². The standard InChI is InChI=1S/C28H26ClFN6O4S/c1-39-13-3-6-23(37)35-9-11-36(12-10-35)28(38)27-34-24-25(31-17-32-26(24)41-27)33-20-7-8-22(21(29)15-20)40-16-18-4-2-5-19(30)14-18/h2-8,14-15,17H,9-13,16H2,1H3,(H,31,32,33)/b6-3+. The van der Waals surface area contributed by atoms with E-state index in [0.717, 1.165) is 0 Å². The van der Waals surface area contributed by atoms with E-state index in [2.05, 4.69) is 20.3 Å². The molecule has 1 aliphatic heterocycles. The van der Waals surface area contributed by atoms with Crippen LogP contribution in [0.2, 0.25) is 5.02 Å². The van der Waals surface area contributed by atoms with Gasteiger partial charge in [-0.2, -0.15) is 0 Å². The Morgan fingerprint density at radius 2 is 1.93 bits per heavy atom. The van der Waals surface area contributed by atoms with Crippen molar-refractivity contribution in [1.82, 2.24) is 24.8 Å². The fourth-order valence-corrected chi connectivity index (χ4v) is 5.28. The number of aromatic nitrogens is 3. The van der Waals surface area contributed by atoms with Gasteiger partial charge >= 0.3 is 0 Å². The van der Waals surface area contributed by atoms with Gasteiger partial charge in [0.1, 0.15) is 34.8 Å². The van der Waals surface area contributed by atoms with E-state index in [1.807, 2.05) is 0 Å². The number of ether oxygens (including phenoxy) is 2. The third-order valence-corrected chi connectivity index (χ3v) is 7.50. The number of methoxy groups -OCH3 is 1. The van der Waals surface area contributed by atoms with Gasteiger partial charge in [-0.3, -0.25) is 9.59 Å². The van der Waals surface area contributed by atoms with Crippen LogP contribution in [0.1, 0.15) is 15.4 Å². The van der Waals surface area contributed by atoms with Crippen molar-refractivity contribution in [3.8, 4) is 5.75 Å². The number of thiazole rings is 1. The molecule has 0 bridgehead atoms. The molecule has 4 aromatic rings. The predicted octanol–water partition coefficient (Wildman–Crippen LogP) is 4.69. The van der Waals surface area contributed by atoms with Crippen LogP contribution in [0.25, 0.3) is 10.3 Å². The molecule has 1 fully saturated rings. The number of nitrogens with one attached hydrogen (secondary N) is 1. The number of rotatable bonds is 9. The second-order valence-corrected chi connectivity index (χ2v) is 10.4. The molecule has 2 aromatic carbocycles. The first-order valence-corrected chi connectivity index (χ1v) is 13.9. The number of benzene rings is 2. The predicted molar refractivity (Wildman–Crippen MR) is 154 cm³/mol. The smallest absolute Gasteiger partial charge is 0.283 e. The second-order valence-electron chi connectivity index (χ2n) is 9.06. The monoisotopic (exact) mass is 596 g/mol. The molecular weight excluding hydrogens is 571 g/mol. The zero-order valence-corrected chi connectivity index (χ0v) is 23.6. The number of nitrogens with zero attached hydrogens (tertiary/aromatic N) is 5. The minimum absolute atomic E-state index is 0.105. The van der Waals surface area contributed by atoms with Gasteiger partial charge in [-0.05, 0) is 35.9 Å². The number of fused-ring (bicyclic) bond motifs is 1. The number of hydrogen-bond donors (Lipinski definition) is 1. The SMILES string of the molecule is COC/C=C/C(=O)N1CCN(C(=O)c2nc3c(Nc4ccc(OCc5cccc(F)c5)c(Cl)c4)ncnc3s2)CC1. The van der Waals surface area contributed by atoms with E-state index in [0.29, 0.717) is 76.0 Å². The Kier molecular flexibility index (Phi) is 9.02. The maximum atomic E-state index is 13.4. The number of carbonyl (C=O) groups is 2. The fourth-order valence-electron chi connectivity index (χ4n) is 4.17. The second kappa shape index (κ2) is 13.0. The Hall–Kier alpha value is -4.13. The largest absolute Gasteiger partial charge is 0.487 e. The third-order valence-electron chi connectivity index (χ3n) is 6.26. The van der Waals surface area contributed by atoms with Gasteiger partial charge in [0.25, 0.3) is 5.91 Å². The number of amides is 2. The van der Waals surface area contributed by atoms with E-state index in [4.69, 9.17) is 21.1 Å². The van der Waals surface area contributed by atoms with Gasteiger partial charge in [-0.25, -0.2) is 19.3 Å². The molecule has 1 N–H and O–H groups in total. The molecular formula is C28H26ClFN6O4S. The number of halogens is 2. The van der Waals surface area contributed by atoms with Gasteiger partial charge in [0.2, 0.25) is 5.91 Å². The molecule has 41 heavy (non-hydrogen) atoms. The van der Waals surface area contributed by atoms with Gasteiger partial charge in [-0.15, -0.1) is 0 Å². The summed E-state index contributed by atoms with van der Waals surface area (Å²) in [5, 5.41) is 3.84. The van der Waals surface area contributed by atoms with Gasteiger partial charge in [0.05, 0.1) is 11.6 Å². The maximum absolute atomic E-state index is 13.4. The van der Waals surface area contributed by atoms with E-state index in [-0.39, 0.29) is 24.2 Å². The molecule has 0 atom stereocenters. The summed E-state index contributed by atoms with van der Waals surface area (Å²) in [6.45, 7) is 2.21. The lowest BCUT2D eigenvalue weighted by atomic mass is 10.2. The summed E-state index contributed by atoms with van der Waals surface area (Å²) in [5.74, 6) is 0.216. The van der Waals surface area contributed by atoms with Gasteiger partial charge in [0, 0.05) is 45.1 Å². The lowest BCUT2D eigenvalue weighted by molar-refractivity contribution is -0.127. The van der Waals surface area contributed by atoms with Crippen LogP contribution in [-0.2, 0) is 16.1 Å². The van der Waals surface area contributed by atoms with Crippen LogP contribution in [-0.4, -0.2) is 76.5 Å². The minimum atomic E-state index is -0.332. The summed E-state index contributed by atoms with van der Waals surface area (Å²) >= 11 is 7.62. The van der Waals surface area contributed by atoms with Crippen molar-refractivity contribution in [2.24, 2.45) is 0 Å². The summed E-state index contributed by atoms with van der Waals surface area (Å²) in [6.07, 6.45) is 4.55. The minimum Gasteiger partial charge on any atom is -0.487 e. The quantitative estimate of drug-likeness (QED) is 0.277. The van der Waals surface area contributed by atoms with Crippen molar-refractivity contribution >= 4 is 56.6 Å². The van der Waals surface area contributed by atoms with Crippen LogP contribution in [0.5, 0.6) is 5.75 Å². The third kappa shape index (κ3) is 6.96.